The van der Waals surface area contributed by atoms with E-state index in [-0.39, 0.29) is 12.1 Å². The number of nitrogens with zero attached hydrogens (tertiary/aromatic N) is 2. The third-order valence-electron chi connectivity index (χ3n) is 4.22. The van der Waals surface area contributed by atoms with Crippen LogP contribution in [0, 0.1) is 11.8 Å². The second-order valence-electron chi connectivity index (χ2n) is 5.54. The fourth-order valence-corrected chi connectivity index (χ4v) is 3.08. The monoisotopic (exact) mass is 263 g/mol. The molecular weight excluding hydrogens is 238 g/mol. The van der Waals surface area contributed by atoms with Crippen LogP contribution < -0.4 is 5.32 Å². The van der Waals surface area contributed by atoms with Gasteiger partial charge in [0.15, 0.2) is 0 Å². The molecule has 0 aliphatic carbocycles. The number of rotatable bonds is 5. The Morgan fingerprint density at radius 2 is 2.05 bits per heavy atom. The van der Waals surface area contributed by atoms with Gasteiger partial charge in [0.1, 0.15) is 0 Å². The molecule has 1 fully saturated rings. The minimum absolute atomic E-state index is 0.226. The van der Waals surface area contributed by atoms with E-state index in [0.29, 0.717) is 17.9 Å². The highest BCUT2D eigenvalue weighted by atomic mass is 16.5. The molecule has 5 atom stereocenters. The molecule has 1 N–H and O–H groups in total. The van der Waals surface area contributed by atoms with Gasteiger partial charge in [0.05, 0.1) is 23.9 Å². The minimum atomic E-state index is 0.226. The molecule has 1 aliphatic rings. The SMILES string of the molecule is CCCNC(c1cnccn1)C1C(C)OC(C)C1C. The molecule has 5 unspecified atom stereocenters. The van der Waals surface area contributed by atoms with Crippen LogP contribution in [0.2, 0.25) is 0 Å². The summed E-state index contributed by atoms with van der Waals surface area (Å²) in [6.45, 7) is 9.78. The molecule has 4 heteroatoms. The molecule has 0 radical (unpaired) electrons. The maximum absolute atomic E-state index is 5.98. The third-order valence-corrected chi connectivity index (χ3v) is 4.22. The Morgan fingerprint density at radius 1 is 1.26 bits per heavy atom. The van der Waals surface area contributed by atoms with Crippen LogP contribution in [0.3, 0.4) is 0 Å². The maximum atomic E-state index is 5.98. The van der Waals surface area contributed by atoms with Gasteiger partial charge in [-0.15, -0.1) is 0 Å². The normalized spacial score (nSPS) is 32.4. The van der Waals surface area contributed by atoms with Crippen LogP contribution in [-0.2, 0) is 4.74 Å². The summed E-state index contributed by atoms with van der Waals surface area (Å²) in [6, 6.07) is 0.226. The van der Waals surface area contributed by atoms with Crippen molar-refractivity contribution in [1.29, 1.82) is 0 Å². The maximum Gasteiger partial charge on any atom is 0.0760 e. The Hall–Kier alpha value is -1.00. The summed E-state index contributed by atoms with van der Waals surface area (Å²) in [5, 5.41) is 3.63. The first-order valence-corrected chi connectivity index (χ1v) is 7.30. The van der Waals surface area contributed by atoms with Gasteiger partial charge in [-0.1, -0.05) is 13.8 Å². The van der Waals surface area contributed by atoms with Crippen molar-refractivity contribution in [2.24, 2.45) is 11.8 Å². The average molecular weight is 263 g/mol. The lowest BCUT2D eigenvalue weighted by Crippen LogP contribution is -2.36. The summed E-state index contributed by atoms with van der Waals surface area (Å²) >= 11 is 0. The fourth-order valence-electron chi connectivity index (χ4n) is 3.08. The van der Waals surface area contributed by atoms with Crippen LogP contribution >= 0.6 is 0 Å². The number of nitrogens with one attached hydrogen (secondary N) is 1. The van der Waals surface area contributed by atoms with Crippen molar-refractivity contribution in [3.05, 3.63) is 24.3 Å². The van der Waals surface area contributed by atoms with E-state index in [0.717, 1.165) is 18.7 Å². The van der Waals surface area contributed by atoms with Crippen LogP contribution in [0.4, 0.5) is 0 Å². The number of aromatic nitrogens is 2. The molecule has 1 saturated heterocycles. The molecule has 0 spiro atoms. The zero-order chi connectivity index (χ0) is 13.8. The molecular formula is C15H25N3O. The Bertz CT molecular complexity index is 384. The van der Waals surface area contributed by atoms with Gasteiger partial charge in [0.25, 0.3) is 0 Å². The molecule has 2 heterocycles. The van der Waals surface area contributed by atoms with Gasteiger partial charge in [-0.05, 0) is 32.7 Å². The lowest BCUT2D eigenvalue weighted by atomic mass is 9.82. The van der Waals surface area contributed by atoms with E-state index in [1.807, 2.05) is 6.20 Å². The molecule has 19 heavy (non-hydrogen) atoms. The van der Waals surface area contributed by atoms with Crippen molar-refractivity contribution in [3.8, 4) is 0 Å². The summed E-state index contributed by atoms with van der Waals surface area (Å²) in [7, 11) is 0. The molecule has 1 aromatic heterocycles. The van der Waals surface area contributed by atoms with Crippen LogP contribution in [0.15, 0.2) is 18.6 Å². The van der Waals surface area contributed by atoms with Crippen molar-refractivity contribution >= 4 is 0 Å². The van der Waals surface area contributed by atoms with Gasteiger partial charge >= 0.3 is 0 Å². The summed E-state index contributed by atoms with van der Waals surface area (Å²) < 4.78 is 5.98. The first kappa shape index (κ1) is 14.4. The molecule has 0 bridgehead atoms. The highest BCUT2D eigenvalue weighted by Crippen LogP contribution is 2.39. The molecule has 0 amide bonds. The summed E-state index contributed by atoms with van der Waals surface area (Å²) in [5.74, 6) is 0.963. The average Bonchev–Trinajstić information content (AvgIpc) is 2.67. The smallest absolute Gasteiger partial charge is 0.0760 e. The Balaban J connectivity index is 2.22. The van der Waals surface area contributed by atoms with Gasteiger partial charge in [0, 0.05) is 24.5 Å². The second-order valence-corrected chi connectivity index (χ2v) is 5.54. The lowest BCUT2D eigenvalue weighted by Gasteiger charge is -2.29. The van der Waals surface area contributed by atoms with E-state index in [2.05, 4.69) is 43.0 Å². The standard InChI is InChI=1S/C15H25N3O/c1-5-6-18-15(13-9-16-7-8-17-13)14-10(2)11(3)19-12(14)4/h7-12,14-15,18H,5-6H2,1-4H3. The largest absolute Gasteiger partial charge is 0.375 e. The van der Waals surface area contributed by atoms with Gasteiger partial charge in [-0.3, -0.25) is 9.97 Å². The van der Waals surface area contributed by atoms with Crippen LogP contribution in [-0.4, -0.2) is 28.7 Å². The predicted octanol–water partition coefficient (Wildman–Crippen LogP) is 2.58. The van der Waals surface area contributed by atoms with Crippen LogP contribution in [0.25, 0.3) is 0 Å². The summed E-state index contributed by atoms with van der Waals surface area (Å²) in [6.07, 6.45) is 7.04. The molecule has 0 saturated carbocycles. The van der Waals surface area contributed by atoms with E-state index in [9.17, 15) is 0 Å². The van der Waals surface area contributed by atoms with E-state index in [1.165, 1.54) is 0 Å². The summed E-state index contributed by atoms with van der Waals surface area (Å²) in [4.78, 5) is 8.70. The Labute approximate surface area is 116 Å². The zero-order valence-electron chi connectivity index (χ0n) is 12.3. The first-order valence-electron chi connectivity index (χ1n) is 7.30. The van der Waals surface area contributed by atoms with Crippen molar-refractivity contribution < 1.29 is 4.74 Å². The molecule has 0 aromatic carbocycles. The van der Waals surface area contributed by atoms with Gasteiger partial charge in [-0.2, -0.15) is 0 Å². The first-order chi connectivity index (χ1) is 9.15. The Kier molecular flexibility index (Phi) is 4.88. The Morgan fingerprint density at radius 3 is 2.58 bits per heavy atom. The van der Waals surface area contributed by atoms with Crippen molar-refractivity contribution in [3.63, 3.8) is 0 Å². The lowest BCUT2D eigenvalue weighted by molar-refractivity contribution is 0.0473. The van der Waals surface area contributed by atoms with Crippen molar-refractivity contribution in [1.82, 2.24) is 15.3 Å². The summed E-state index contributed by atoms with van der Waals surface area (Å²) in [5.41, 5.74) is 1.03. The number of hydrogen-bond donors (Lipinski definition) is 1. The number of ether oxygens (including phenoxy) is 1. The van der Waals surface area contributed by atoms with Crippen molar-refractivity contribution in [2.75, 3.05) is 6.54 Å². The van der Waals surface area contributed by atoms with E-state index < -0.39 is 0 Å². The topological polar surface area (TPSA) is 47.0 Å². The molecule has 2 rings (SSSR count). The highest BCUT2D eigenvalue weighted by Gasteiger charge is 2.42. The van der Waals surface area contributed by atoms with Crippen LogP contribution in [0.1, 0.15) is 45.9 Å². The molecule has 4 nitrogen and oxygen atoms in total. The van der Waals surface area contributed by atoms with Gasteiger partial charge in [0.2, 0.25) is 0 Å². The van der Waals surface area contributed by atoms with Gasteiger partial charge in [-0.25, -0.2) is 0 Å². The molecule has 106 valence electrons. The predicted molar refractivity (Wildman–Crippen MR) is 75.7 cm³/mol. The van der Waals surface area contributed by atoms with E-state index in [4.69, 9.17) is 4.74 Å². The third kappa shape index (κ3) is 3.12. The van der Waals surface area contributed by atoms with Crippen LogP contribution in [0.5, 0.6) is 0 Å². The fraction of sp³-hybridized carbons (Fsp3) is 0.733. The van der Waals surface area contributed by atoms with E-state index >= 15 is 0 Å². The van der Waals surface area contributed by atoms with Gasteiger partial charge < -0.3 is 10.1 Å². The quantitative estimate of drug-likeness (QED) is 0.887. The highest BCUT2D eigenvalue weighted by molar-refractivity contribution is 5.08. The molecule has 1 aliphatic heterocycles. The van der Waals surface area contributed by atoms with Crippen molar-refractivity contribution in [2.45, 2.75) is 52.4 Å². The zero-order valence-corrected chi connectivity index (χ0v) is 12.3. The second kappa shape index (κ2) is 6.44. The van der Waals surface area contributed by atoms with E-state index in [1.54, 1.807) is 12.4 Å². The minimum Gasteiger partial charge on any atom is -0.375 e. The molecule has 1 aromatic rings. The number of hydrogen-bond acceptors (Lipinski definition) is 4.